The third-order valence-electron chi connectivity index (χ3n) is 4.91. The van der Waals surface area contributed by atoms with Gasteiger partial charge in [-0.1, -0.05) is 5.16 Å². The summed E-state index contributed by atoms with van der Waals surface area (Å²) in [6.45, 7) is 7.09. The smallest absolute Gasteiger partial charge is 0.409 e. The molecule has 2 aromatic heterocycles. The number of hydrogen-bond donors (Lipinski definition) is 1. The first-order valence-electron chi connectivity index (χ1n) is 9.71. The van der Waals surface area contributed by atoms with E-state index in [2.05, 4.69) is 15.5 Å². The maximum atomic E-state index is 12.8. The van der Waals surface area contributed by atoms with Crippen molar-refractivity contribution in [1.29, 1.82) is 0 Å². The molecule has 3 rings (SSSR count). The second-order valence-electron chi connectivity index (χ2n) is 6.88. The summed E-state index contributed by atoms with van der Waals surface area (Å²) in [4.78, 5) is 30.7. The van der Waals surface area contributed by atoms with Gasteiger partial charge in [-0.25, -0.2) is 9.78 Å². The summed E-state index contributed by atoms with van der Waals surface area (Å²) in [6, 6.07) is 3.57. The maximum Gasteiger partial charge on any atom is 0.409 e. The fourth-order valence-electron chi connectivity index (χ4n) is 3.21. The number of aromatic nitrogens is 2. The van der Waals surface area contributed by atoms with E-state index >= 15 is 0 Å². The molecular formula is C20H26N4O4S. The van der Waals surface area contributed by atoms with Gasteiger partial charge in [0.15, 0.2) is 0 Å². The number of aryl methyl sites for hydroxylation is 2. The van der Waals surface area contributed by atoms with Crippen molar-refractivity contribution < 1.29 is 18.8 Å². The number of nitrogens with one attached hydrogen (secondary N) is 1. The number of carbonyl (C=O) groups is 2. The summed E-state index contributed by atoms with van der Waals surface area (Å²) in [5.41, 5.74) is 2.43. The molecule has 1 aliphatic heterocycles. The molecule has 1 saturated heterocycles. The Hall–Kier alpha value is -2.55. The molecule has 0 radical (unpaired) electrons. The van der Waals surface area contributed by atoms with E-state index in [4.69, 9.17) is 9.26 Å². The van der Waals surface area contributed by atoms with Crippen LogP contribution in [-0.2, 0) is 10.5 Å². The van der Waals surface area contributed by atoms with Gasteiger partial charge in [-0.05, 0) is 45.7 Å². The first-order chi connectivity index (χ1) is 14.0. The molecule has 8 nitrogen and oxygen atoms in total. The number of hydrogen-bond acceptors (Lipinski definition) is 7. The molecule has 2 aromatic rings. The Bertz CT molecular complexity index is 842. The average molecular weight is 419 g/mol. The van der Waals surface area contributed by atoms with Gasteiger partial charge in [0.1, 0.15) is 10.8 Å². The van der Waals surface area contributed by atoms with Crippen molar-refractivity contribution >= 4 is 23.8 Å². The molecule has 9 heteroatoms. The van der Waals surface area contributed by atoms with Crippen molar-refractivity contribution in [2.24, 2.45) is 0 Å². The zero-order chi connectivity index (χ0) is 20.8. The molecule has 0 unspecified atom stereocenters. The van der Waals surface area contributed by atoms with E-state index in [0.29, 0.717) is 48.9 Å². The summed E-state index contributed by atoms with van der Waals surface area (Å²) in [5, 5.41) is 7.72. The third kappa shape index (κ3) is 5.29. The van der Waals surface area contributed by atoms with Gasteiger partial charge in [-0.15, -0.1) is 11.8 Å². The predicted octanol–water partition coefficient (Wildman–Crippen LogP) is 3.33. The Morgan fingerprint density at radius 1 is 1.34 bits per heavy atom. The van der Waals surface area contributed by atoms with Crippen molar-refractivity contribution in [3.8, 4) is 0 Å². The van der Waals surface area contributed by atoms with Crippen molar-refractivity contribution in [2.45, 2.75) is 50.4 Å². The molecule has 156 valence electrons. The third-order valence-corrected chi connectivity index (χ3v) is 5.94. The van der Waals surface area contributed by atoms with Crippen LogP contribution >= 0.6 is 11.8 Å². The lowest BCUT2D eigenvalue weighted by Gasteiger charge is -2.31. The fraction of sp³-hybridized carbons (Fsp3) is 0.500. The number of piperidine rings is 1. The molecule has 1 aliphatic rings. The summed E-state index contributed by atoms with van der Waals surface area (Å²) in [7, 11) is 0. The first kappa shape index (κ1) is 21.2. The topological polar surface area (TPSA) is 97.6 Å². The molecule has 1 N–H and O–H groups in total. The summed E-state index contributed by atoms with van der Waals surface area (Å²) >= 11 is 1.49. The minimum absolute atomic E-state index is 0.0220. The average Bonchev–Trinajstić information content (AvgIpc) is 3.05. The van der Waals surface area contributed by atoms with E-state index in [9.17, 15) is 9.59 Å². The second kappa shape index (κ2) is 9.78. The van der Waals surface area contributed by atoms with Gasteiger partial charge in [-0.2, -0.15) is 0 Å². The maximum absolute atomic E-state index is 12.8. The number of pyridine rings is 1. The molecular weight excluding hydrogens is 392 g/mol. The highest BCUT2D eigenvalue weighted by Crippen LogP contribution is 2.27. The van der Waals surface area contributed by atoms with Crippen LogP contribution in [0, 0.1) is 13.8 Å². The lowest BCUT2D eigenvalue weighted by Crippen LogP contribution is -2.46. The van der Waals surface area contributed by atoms with Crippen LogP contribution in [0.25, 0.3) is 0 Å². The Kier molecular flexibility index (Phi) is 7.13. The van der Waals surface area contributed by atoms with Crippen LogP contribution < -0.4 is 5.32 Å². The normalized spacial score (nSPS) is 14.7. The number of carbonyl (C=O) groups excluding carboxylic acids is 2. The molecule has 0 saturated carbocycles. The van der Waals surface area contributed by atoms with Crippen molar-refractivity contribution in [3.05, 3.63) is 40.9 Å². The minimum Gasteiger partial charge on any atom is -0.450 e. The van der Waals surface area contributed by atoms with Crippen LogP contribution in [0.5, 0.6) is 0 Å². The SMILES string of the molecule is CCOC(=O)N1CCC(NC(=O)c2cccnc2SCc2c(C)noc2C)CC1. The van der Waals surface area contributed by atoms with Crippen LogP contribution in [0.4, 0.5) is 4.79 Å². The van der Waals surface area contributed by atoms with Crippen molar-refractivity contribution in [3.63, 3.8) is 0 Å². The van der Waals surface area contributed by atoms with Gasteiger partial charge in [0.2, 0.25) is 0 Å². The lowest BCUT2D eigenvalue weighted by molar-refractivity contribution is 0.0857. The van der Waals surface area contributed by atoms with Crippen LogP contribution in [-0.4, -0.2) is 52.8 Å². The highest BCUT2D eigenvalue weighted by atomic mass is 32.2. The van der Waals surface area contributed by atoms with E-state index in [1.807, 2.05) is 13.8 Å². The van der Waals surface area contributed by atoms with Crippen molar-refractivity contribution in [1.82, 2.24) is 20.4 Å². The molecule has 2 amide bonds. The summed E-state index contributed by atoms with van der Waals surface area (Å²) in [6.07, 6.45) is 2.80. The zero-order valence-electron chi connectivity index (χ0n) is 16.9. The van der Waals surface area contributed by atoms with E-state index in [-0.39, 0.29) is 18.0 Å². The van der Waals surface area contributed by atoms with Gasteiger partial charge in [0.05, 0.1) is 17.9 Å². The number of rotatable bonds is 6. The number of ether oxygens (including phenoxy) is 1. The molecule has 0 bridgehead atoms. The molecule has 3 heterocycles. The highest BCUT2D eigenvalue weighted by Gasteiger charge is 2.25. The van der Waals surface area contributed by atoms with Crippen LogP contribution in [0.3, 0.4) is 0 Å². The Balaban J connectivity index is 1.58. The van der Waals surface area contributed by atoms with Crippen LogP contribution in [0.2, 0.25) is 0 Å². The Labute approximate surface area is 174 Å². The standard InChI is InChI=1S/C20H26N4O4S/c1-4-27-20(26)24-10-7-15(8-11-24)22-18(25)16-6-5-9-21-19(16)29-12-17-13(2)23-28-14(17)3/h5-6,9,15H,4,7-8,10-12H2,1-3H3,(H,22,25). The number of thioether (sulfide) groups is 1. The van der Waals surface area contributed by atoms with Gasteiger partial charge in [0, 0.05) is 36.6 Å². The lowest BCUT2D eigenvalue weighted by atomic mass is 10.0. The Morgan fingerprint density at radius 3 is 2.76 bits per heavy atom. The van der Waals surface area contributed by atoms with Gasteiger partial charge in [0.25, 0.3) is 5.91 Å². The molecule has 0 atom stereocenters. The van der Waals surface area contributed by atoms with Crippen LogP contribution in [0.1, 0.15) is 47.1 Å². The van der Waals surface area contributed by atoms with E-state index < -0.39 is 0 Å². The summed E-state index contributed by atoms with van der Waals surface area (Å²) < 4.78 is 10.2. The second-order valence-corrected chi connectivity index (χ2v) is 7.85. The largest absolute Gasteiger partial charge is 0.450 e. The van der Waals surface area contributed by atoms with Crippen LogP contribution in [0.15, 0.2) is 27.9 Å². The van der Waals surface area contributed by atoms with E-state index in [1.165, 1.54) is 11.8 Å². The number of nitrogens with zero attached hydrogens (tertiary/aromatic N) is 3. The first-order valence-corrected chi connectivity index (χ1v) is 10.7. The monoisotopic (exact) mass is 418 g/mol. The number of likely N-dealkylation sites (tertiary alicyclic amines) is 1. The summed E-state index contributed by atoms with van der Waals surface area (Å²) in [5.74, 6) is 1.27. The molecule has 29 heavy (non-hydrogen) atoms. The Morgan fingerprint density at radius 2 is 2.10 bits per heavy atom. The molecule has 1 fully saturated rings. The van der Waals surface area contributed by atoms with Gasteiger partial charge >= 0.3 is 6.09 Å². The molecule has 0 aromatic carbocycles. The van der Waals surface area contributed by atoms with Gasteiger partial charge in [-0.3, -0.25) is 4.79 Å². The van der Waals surface area contributed by atoms with Crippen molar-refractivity contribution in [2.75, 3.05) is 19.7 Å². The quantitative estimate of drug-likeness (QED) is 0.719. The fourth-order valence-corrected chi connectivity index (χ4v) is 4.36. The number of amides is 2. The van der Waals surface area contributed by atoms with E-state index in [0.717, 1.165) is 17.0 Å². The minimum atomic E-state index is -0.289. The zero-order valence-corrected chi connectivity index (χ0v) is 17.8. The van der Waals surface area contributed by atoms with E-state index in [1.54, 1.807) is 30.2 Å². The highest BCUT2D eigenvalue weighted by molar-refractivity contribution is 7.98. The molecule has 0 aliphatic carbocycles. The predicted molar refractivity (Wildman–Crippen MR) is 109 cm³/mol. The molecule has 0 spiro atoms. The van der Waals surface area contributed by atoms with Gasteiger partial charge < -0.3 is 19.5 Å².